The van der Waals surface area contributed by atoms with Crippen LogP contribution in [0.1, 0.15) is 24.1 Å². The van der Waals surface area contributed by atoms with Gasteiger partial charge >= 0.3 is 0 Å². The van der Waals surface area contributed by atoms with Crippen LogP contribution in [-0.2, 0) is 6.54 Å². The van der Waals surface area contributed by atoms with Gasteiger partial charge in [-0.15, -0.1) is 0 Å². The van der Waals surface area contributed by atoms with Gasteiger partial charge in [-0.3, -0.25) is 0 Å². The molecule has 21 heavy (non-hydrogen) atoms. The van der Waals surface area contributed by atoms with E-state index in [-0.39, 0.29) is 0 Å². The van der Waals surface area contributed by atoms with Gasteiger partial charge in [-0.25, -0.2) is 4.98 Å². The monoisotopic (exact) mass is 279 g/mol. The van der Waals surface area contributed by atoms with Crippen molar-refractivity contribution in [2.24, 2.45) is 0 Å². The fraction of sp³-hybridized carbons (Fsp3) is 0.312. The van der Waals surface area contributed by atoms with E-state index in [2.05, 4.69) is 56.4 Å². The van der Waals surface area contributed by atoms with Gasteiger partial charge in [0.15, 0.2) is 0 Å². The molecule has 0 atom stereocenters. The summed E-state index contributed by atoms with van der Waals surface area (Å²) in [5.41, 5.74) is 2.29. The molecule has 1 aliphatic rings. The summed E-state index contributed by atoms with van der Waals surface area (Å²) in [6, 6.07) is 13.3. The Kier molecular flexibility index (Phi) is 2.84. The van der Waals surface area contributed by atoms with Crippen LogP contribution in [-0.4, -0.2) is 25.6 Å². The predicted octanol–water partition coefficient (Wildman–Crippen LogP) is 2.60. The van der Waals surface area contributed by atoms with Crippen LogP contribution in [0, 0.1) is 6.92 Å². The van der Waals surface area contributed by atoms with E-state index in [4.69, 9.17) is 0 Å². The average molecular weight is 279 g/mol. The number of rotatable bonds is 4. The fourth-order valence-corrected chi connectivity index (χ4v) is 2.68. The van der Waals surface area contributed by atoms with Gasteiger partial charge in [-0.1, -0.05) is 30.3 Å². The van der Waals surface area contributed by atoms with Crippen molar-refractivity contribution in [2.75, 3.05) is 4.90 Å². The zero-order valence-electron chi connectivity index (χ0n) is 12.0. The van der Waals surface area contributed by atoms with Gasteiger partial charge in [0.1, 0.15) is 12.1 Å². The highest BCUT2D eigenvalue weighted by molar-refractivity contribution is 5.49. The largest absolute Gasteiger partial charge is 0.349 e. The number of fused-ring (bicyclic) bond motifs is 1. The lowest BCUT2D eigenvalue weighted by Crippen LogP contribution is -2.27. The molecule has 2 aromatic heterocycles. The van der Waals surface area contributed by atoms with Gasteiger partial charge in [0.2, 0.25) is 0 Å². The molecule has 0 N–H and O–H groups in total. The van der Waals surface area contributed by atoms with E-state index in [0.29, 0.717) is 11.8 Å². The van der Waals surface area contributed by atoms with Crippen molar-refractivity contribution in [2.45, 2.75) is 32.4 Å². The van der Waals surface area contributed by atoms with E-state index in [0.717, 1.165) is 18.1 Å². The minimum atomic E-state index is 0.597. The van der Waals surface area contributed by atoms with Crippen molar-refractivity contribution in [1.82, 2.24) is 19.6 Å². The highest BCUT2D eigenvalue weighted by Gasteiger charge is 2.31. The molecule has 0 aliphatic heterocycles. The molecule has 1 aliphatic carbocycles. The first kappa shape index (κ1) is 12.3. The maximum Gasteiger partial charge on any atom is 0.254 e. The summed E-state index contributed by atoms with van der Waals surface area (Å²) in [5.74, 6) is 1.75. The Bertz CT molecular complexity index is 761. The third-order valence-corrected chi connectivity index (χ3v) is 3.84. The first-order valence-electron chi connectivity index (χ1n) is 7.29. The van der Waals surface area contributed by atoms with Crippen LogP contribution in [0.5, 0.6) is 0 Å². The van der Waals surface area contributed by atoms with Gasteiger partial charge in [-0.2, -0.15) is 14.6 Å². The van der Waals surface area contributed by atoms with Crippen LogP contribution in [0.15, 0.2) is 42.7 Å². The molecule has 0 radical (unpaired) electrons. The Morgan fingerprint density at radius 1 is 1.24 bits per heavy atom. The van der Waals surface area contributed by atoms with E-state index in [1.54, 1.807) is 6.33 Å². The lowest BCUT2D eigenvalue weighted by molar-refractivity contribution is 0.745. The van der Waals surface area contributed by atoms with Crippen LogP contribution < -0.4 is 4.90 Å². The smallest absolute Gasteiger partial charge is 0.254 e. The van der Waals surface area contributed by atoms with Crippen LogP contribution in [0.25, 0.3) is 5.78 Å². The summed E-state index contributed by atoms with van der Waals surface area (Å²) >= 11 is 0. The van der Waals surface area contributed by atoms with Gasteiger partial charge in [0.05, 0.1) is 0 Å². The topological polar surface area (TPSA) is 46.3 Å². The van der Waals surface area contributed by atoms with Crippen LogP contribution in [0.3, 0.4) is 0 Å². The SMILES string of the molecule is Cc1cc(N(Cc2ccccc2)C2CC2)n2ncnc2n1. The molecule has 5 nitrogen and oxygen atoms in total. The summed E-state index contributed by atoms with van der Waals surface area (Å²) in [6.07, 6.45) is 4.05. The predicted molar refractivity (Wildman–Crippen MR) is 81.2 cm³/mol. The molecule has 0 bridgehead atoms. The first-order chi connectivity index (χ1) is 10.3. The van der Waals surface area contributed by atoms with E-state index >= 15 is 0 Å². The zero-order chi connectivity index (χ0) is 14.2. The van der Waals surface area contributed by atoms with E-state index in [1.807, 2.05) is 11.4 Å². The Morgan fingerprint density at radius 3 is 2.81 bits per heavy atom. The van der Waals surface area contributed by atoms with Gasteiger partial charge in [0, 0.05) is 24.3 Å². The first-order valence-corrected chi connectivity index (χ1v) is 7.29. The maximum atomic E-state index is 4.43. The van der Waals surface area contributed by atoms with Gasteiger partial charge < -0.3 is 4.90 Å². The highest BCUT2D eigenvalue weighted by atomic mass is 15.4. The quantitative estimate of drug-likeness (QED) is 0.736. The maximum absolute atomic E-state index is 4.43. The highest BCUT2D eigenvalue weighted by Crippen LogP contribution is 2.33. The third-order valence-electron chi connectivity index (χ3n) is 3.84. The normalized spacial score (nSPS) is 14.5. The summed E-state index contributed by atoms with van der Waals surface area (Å²) in [6.45, 7) is 2.90. The third kappa shape index (κ3) is 2.35. The van der Waals surface area contributed by atoms with Crippen molar-refractivity contribution in [3.05, 3.63) is 54.0 Å². The average Bonchev–Trinajstić information content (AvgIpc) is 3.23. The molecule has 2 heterocycles. The second-order valence-corrected chi connectivity index (χ2v) is 5.57. The molecule has 0 saturated heterocycles. The number of aromatic nitrogens is 4. The molecule has 1 saturated carbocycles. The Morgan fingerprint density at radius 2 is 2.05 bits per heavy atom. The molecule has 3 aromatic rings. The minimum Gasteiger partial charge on any atom is -0.349 e. The zero-order valence-corrected chi connectivity index (χ0v) is 12.0. The molecule has 0 amide bonds. The molecule has 5 heteroatoms. The second kappa shape index (κ2) is 4.84. The van der Waals surface area contributed by atoms with Crippen molar-refractivity contribution < 1.29 is 0 Å². The minimum absolute atomic E-state index is 0.597. The lowest BCUT2D eigenvalue weighted by atomic mass is 10.2. The molecular formula is C16H17N5. The molecular weight excluding hydrogens is 262 g/mol. The summed E-state index contributed by atoms with van der Waals surface area (Å²) < 4.78 is 1.84. The standard InChI is InChI=1S/C16H17N5/c1-12-9-15(21-16(19-12)17-11-18-21)20(14-7-8-14)10-13-5-3-2-4-6-13/h2-6,9,11,14H,7-8,10H2,1H3. The van der Waals surface area contributed by atoms with E-state index in [1.165, 1.54) is 18.4 Å². The molecule has 106 valence electrons. The van der Waals surface area contributed by atoms with Gasteiger partial charge in [0.25, 0.3) is 5.78 Å². The molecule has 0 unspecified atom stereocenters. The van der Waals surface area contributed by atoms with Crippen molar-refractivity contribution in [3.63, 3.8) is 0 Å². The summed E-state index contributed by atoms with van der Waals surface area (Å²) in [5, 5.41) is 4.33. The number of aryl methyl sites for hydroxylation is 1. The Hall–Kier alpha value is -2.43. The Labute approximate surface area is 123 Å². The van der Waals surface area contributed by atoms with Crippen LogP contribution in [0.2, 0.25) is 0 Å². The summed E-state index contributed by atoms with van der Waals surface area (Å²) in [4.78, 5) is 11.1. The molecule has 1 fully saturated rings. The van der Waals surface area contributed by atoms with E-state index in [9.17, 15) is 0 Å². The molecule has 0 spiro atoms. The number of anilines is 1. The van der Waals surface area contributed by atoms with Crippen LogP contribution in [0.4, 0.5) is 5.82 Å². The summed E-state index contributed by atoms with van der Waals surface area (Å²) in [7, 11) is 0. The number of hydrogen-bond acceptors (Lipinski definition) is 4. The second-order valence-electron chi connectivity index (χ2n) is 5.57. The Balaban J connectivity index is 1.77. The van der Waals surface area contributed by atoms with Gasteiger partial charge in [-0.05, 0) is 25.3 Å². The number of benzene rings is 1. The number of hydrogen-bond donors (Lipinski definition) is 0. The number of nitrogens with zero attached hydrogens (tertiary/aromatic N) is 5. The van der Waals surface area contributed by atoms with Crippen molar-refractivity contribution in [1.29, 1.82) is 0 Å². The fourth-order valence-electron chi connectivity index (χ4n) is 2.68. The van der Waals surface area contributed by atoms with E-state index < -0.39 is 0 Å². The van der Waals surface area contributed by atoms with Crippen LogP contribution >= 0.6 is 0 Å². The molecule has 1 aromatic carbocycles. The molecule has 4 rings (SSSR count). The lowest BCUT2D eigenvalue weighted by Gasteiger charge is -2.25. The van der Waals surface area contributed by atoms with Crippen molar-refractivity contribution in [3.8, 4) is 0 Å². The van der Waals surface area contributed by atoms with Crippen molar-refractivity contribution >= 4 is 11.6 Å².